The molecule has 1 saturated heterocycles. The van der Waals surface area contributed by atoms with Crippen molar-refractivity contribution in [2.45, 2.75) is 31.1 Å². The van der Waals surface area contributed by atoms with Gasteiger partial charge in [0.1, 0.15) is 5.75 Å². The summed E-state index contributed by atoms with van der Waals surface area (Å²) in [6.07, 6.45) is 0.827. The molecule has 0 spiro atoms. The zero-order valence-electron chi connectivity index (χ0n) is 12.2. The molecule has 0 bridgehead atoms. The summed E-state index contributed by atoms with van der Waals surface area (Å²) in [5, 5.41) is -1.20. The summed E-state index contributed by atoms with van der Waals surface area (Å²) in [5.74, 6) is -1.90. The number of anilines is 1. The molecule has 0 saturated carbocycles. The van der Waals surface area contributed by atoms with Gasteiger partial charge in [0, 0.05) is 18.2 Å². The minimum absolute atomic E-state index is 0.0874. The molecule has 1 fully saturated rings. The molecule has 2 aliphatic heterocycles. The number of fused-ring (bicyclic) bond motifs is 1. The van der Waals surface area contributed by atoms with E-state index in [9.17, 15) is 18.0 Å². The van der Waals surface area contributed by atoms with Crippen molar-refractivity contribution in [2.24, 2.45) is 0 Å². The lowest BCUT2D eigenvalue weighted by atomic mass is 10.1. The maximum atomic E-state index is 12.5. The number of rotatable bonds is 3. The van der Waals surface area contributed by atoms with E-state index in [1.54, 1.807) is 0 Å². The molecule has 118 valence electrons. The van der Waals surface area contributed by atoms with Crippen LogP contribution in [0.4, 0.5) is 5.69 Å². The molecule has 0 aromatic heterocycles. The van der Waals surface area contributed by atoms with E-state index in [1.807, 2.05) is 31.2 Å². The van der Waals surface area contributed by atoms with E-state index in [4.69, 9.17) is 4.74 Å². The number of carbonyl (C=O) groups is 2. The number of carbonyl (C=O) groups excluding carboxylic acids is 2. The van der Waals surface area contributed by atoms with Crippen LogP contribution in [0, 0.1) is 0 Å². The second-order valence-electron chi connectivity index (χ2n) is 5.70. The lowest BCUT2D eigenvalue weighted by molar-refractivity contribution is -0.137. The minimum atomic E-state index is -3.84. The van der Waals surface area contributed by atoms with E-state index in [0.717, 1.165) is 11.3 Å². The monoisotopic (exact) mass is 323 g/mol. The van der Waals surface area contributed by atoms with Crippen molar-refractivity contribution in [3.05, 3.63) is 29.8 Å². The van der Waals surface area contributed by atoms with Crippen LogP contribution < -0.4 is 4.90 Å². The molecule has 2 aliphatic rings. The summed E-state index contributed by atoms with van der Waals surface area (Å²) < 4.78 is 29.3. The van der Waals surface area contributed by atoms with Crippen molar-refractivity contribution in [2.75, 3.05) is 17.3 Å². The van der Waals surface area contributed by atoms with Crippen LogP contribution in [0.15, 0.2) is 24.3 Å². The van der Waals surface area contributed by atoms with Crippen LogP contribution in [0.1, 0.15) is 18.9 Å². The molecule has 2 atom stereocenters. The predicted molar refractivity (Wildman–Crippen MR) is 80.2 cm³/mol. The molecule has 3 rings (SSSR count). The first-order chi connectivity index (χ1) is 10.4. The van der Waals surface area contributed by atoms with E-state index >= 15 is 0 Å². The summed E-state index contributed by atoms with van der Waals surface area (Å²) in [7, 11) is -3.84. The van der Waals surface area contributed by atoms with E-state index in [2.05, 4.69) is 0 Å². The highest BCUT2D eigenvalue weighted by atomic mass is 32.2. The van der Waals surface area contributed by atoms with Crippen molar-refractivity contribution >= 4 is 27.4 Å². The Morgan fingerprint density at radius 2 is 2.09 bits per heavy atom. The Bertz CT molecular complexity index is 727. The summed E-state index contributed by atoms with van der Waals surface area (Å²) in [5.41, 5.74) is 1.78. The molecule has 22 heavy (non-hydrogen) atoms. The number of esters is 1. The Labute approximate surface area is 129 Å². The number of amides is 1. The van der Waals surface area contributed by atoms with Gasteiger partial charge in [-0.1, -0.05) is 18.2 Å². The SMILES string of the molecule is CC1Cc2ccccc2N1C(=O)CS(=O)(=O)C1CCOC1=O. The van der Waals surface area contributed by atoms with Gasteiger partial charge in [0.15, 0.2) is 15.1 Å². The zero-order valence-corrected chi connectivity index (χ0v) is 13.0. The Morgan fingerprint density at radius 3 is 2.77 bits per heavy atom. The molecular weight excluding hydrogens is 306 g/mol. The lowest BCUT2D eigenvalue weighted by Gasteiger charge is -2.23. The third-order valence-electron chi connectivity index (χ3n) is 4.12. The van der Waals surface area contributed by atoms with Crippen LogP contribution in [0.5, 0.6) is 0 Å². The van der Waals surface area contributed by atoms with E-state index in [0.29, 0.717) is 6.42 Å². The van der Waals surface area contributed by atoms with E-state index in [-0.39, 0.29) is 19.1 Å². The van der Waals surface area contributed by atoms with Crippen molar-refractivity contribution < 1.29 is 22.7 Å². The van der Waals surface area contributed by atoms with Gasteiger partial charge in [-0.3, -0.25) is 9.59 Å². The second-order valence-corrected chi connectivity index (χ2v) is 7.88. The molecular formula is C15H17NO5S. The van der Waals surface area contributed by atoms with Crippen LogP contribution in [-0.4, -0.2) is 43.9 Å². The average Bonchev–Trinajstić information content (AvgIpc) is 3.00. The standard InChI is InChI=1S/C15H17NO5S/c1-10-8-11-4-2-3-5-12(11)16(10)14(17)9-22(19,20)13-6-7-21-15(13)18/h2-5,10,13H,6-9H2,1H3. The minimum Gasteiger partial charge on any atom is -0.465 e. The number of sulfone groups is 1. The third-order valence-corrected chi connectivity index (χ3v) is 6.07. The number of nitrogens with zero attached hydrogens (tertiary/aromatic N) is 1. The van der Waals surface area contributed by atoms with Crippen molar-refractivity contribution in [3.8, 4) is 0 Å². The van der Waals surface area contributed by atoms with Gasteiger partial charge in [0.25, 0.3) is 0 Å². The topological polar surface area (TPSA) is 80.8 Å². The largest absolute Gasteiger partial charge is 0.465 e. The number of ether oxygens (including phenoxy) is 1. The first kappa shape index (κ1) is 15.0. The summed E-state index contributed by atoms with van der Waals surface area (Å²) in [6, 6.07) is 7.37. The maximum absolute atomic E-state index is 12.5. The highest BCUT2D eigenvalue weighted by Crippen LogP contribution is 2.32. The lowest BCUT2D eigenvalue weighted by Crippen LogP contribution is -2.42. The molecule has 1 aromatic carbocycles. The van der Waals surface area contributed by atoms with Crippen LogP contribution in [0.3, 0.4) is 0 Å². The van der Waals surface area contributed by atoms with Gasteiger partial charge < -0.3 is 9.64 Å². The van der Waals surface area contributed by atoms with Gasteiger partial charge in [-0.25, -0.2) is 8.42 Å². The molecule has 1 aromatic rings. The number of cyclic esters (lactones) is 1. The smallest absolute Gasteiger partial charge is 0.324 e. The van der Waals surface area contributed by atoms with Gasteiger partial charge in [-0.2, -0.15) is 0 Å². The Morgan fingerprint density at radius 1 is 1.36 bits per heavy atom. The van der Waals surface area contributed by atoms with Crippen molar-refractivity contribution in [1.82, 2.24) is 0 Å². The van der Waals surface area contributed by atoms with Gasteiger partial charge in [-0.15, -0.1) is 0 Å². The fraction of sp³-hybridized carbons (Fsp3) is 0.467. The maximum Gasteiger partial charge on any atom is 0.324 e. The zero-order chi connectivity index (χ0) is 15.9. The predicted octanol–water partition coefficient (Wildman–Crippen LogP) is 0.694. The molecule has 7 heteroatoms. The first-order valence-corrected chi connectivity index (χ1v) is 8.90. The van der Waals surface area contributed by atoms with Crippen LogP contribution in [0.25, 0.3) is 0 Å². The highest BCUT2D eigenvalue weighted by Gasteiger charge is 2.41. The third kappa shape index (κ3) is 2.49. The number of hydrogen-bond acceptors (Lipinski definition) is 5. The molecule has 2 unspecified atom stereocenters. The Kier molecular flexibility index (Phi) is 3.68. The van der Waals surface area contributed by atoms with Gasteiger partial charge >= 0.3 is 5.97 Å². The molecule has 0 N–H and O–H groups in total. The summed E-state index contributed by atoms with van der Waals surface area (Å²) in [6.45, 7) is 1.98. The quantitative estimate of drug-likeness (QED) is 0.765. The fourth-order valence-electron chi connectivity index (χ4n) is 3.09. The van der Waals surface area contributed by atoms with Gasteiger partial charge in [0.2, 0.25) is 5.91 Å². The first-order valence-electron chi connectivity index (χ1n) is 7.18. The summed E-state index contributed by atoms with van der Waals surface area (Å²) in [4.78, 5) is 25.5. The average molecular weight is 323 g/mol. The summed E-state index contributed by atoms with van der Waals surface area (Å²) >= 11 is 0. The highest BCUT2D eigenvalue weighted by molar-refractivity contribution is 7.93. The second kappa shape index (κ2) is 5.39. The van der Waals surface area contributed by atoms with Crippen LogP contribution in [-0.2, 0) is 30.6 Å². The molecule has 0 radical (unpaired) electrons. The number of para-hydroxylation sites is 1. The van der Waals surface area contributed by atoms with Crippen LogP contribution >= 0.6 is 0 Å². The van der Waals surface area contributed by atoms with Gasteiger partial charge in [0.05, 0.1) is 6.61 Å². The molecule has 2 heterocycles. The van der Waals surface area contributed by atoms with Crippen LogP contribution in [0.2, 0.25) is 0 Å². The molecule has 6 nitrogen and oxygen atoms in total. The van der Waals surface area contributed by atoms with E-state index < -0.39 is 32.7 Å². The Hall–Kier alpha value is -1.89. The van der Waals surface area contributed by atoms with Crippen molar-refractivity contribution in [3.63, 3.8) is 0 Å². The van der Waals surface area contributed by atoms with E-state index in [1.165, 1.54) is 4.90 Å². The molecule has 0 aliphatic carbocycles. The van der Waals surface area contributed by atoms with Gasteiger partial charge in [-0.05, 0) is 25.0 Å². The van der Waals surface area contributed by atoms with Crippen molar-refractivity contribution in [1.29, 1.82) is 0 Å². The number of benzene rings is 1. The normalized spacial score (nSPS) is 24.2. The fourth-order valence-corrected chi connectivity index (χ4v) is 4.59. The number of hydrogen-bond donors (Lipinski definition) is 0. The Balaban J connectivity index is 1.82. The molecule has 1 amide bonds.